The summed E-state index contributed by atoms with van der Waals surface area (Å²) in [6, 6.07) is 7.15. The second-order valence-electron chi connectivity index (χ2n) is 2.80. The van der Waals surface area contributed by atoms with Gasteiger partial charge in [-0.2, -0.15) is 0 Å². The number of hydrogen-bond acceptors (Lipinski definition) is 3. The Kier molecular flexibility index (Phi) is 3.71. The maximum atomic E-state index is 10.8. The van der Waals surface area contributed by atoms with Crippen molar-refractivity contribution < 1.29 is 9.59 Å². The number of carbonyl (C=O) groups is 2. The number of anilines is 1. The molecule has 3 nitrogen and oxygen atoms in total. The van der Waals surface area contributed by atoms with Crippen LogP contribution in [0.25, 0.3) is 0 Å². The Balaban J connectivity index is 2.68. The van der Waals surface area contributed by atoms with Gasteiger partial charge in [-0.3, -0.25) is 9.59 Å². The van der Waals surface area contributed by atoms with Crippen LogP contribution in [0.5, 0.6) is 0 Å². The van der Waals surface area contributed by atoms with E-state index in [9.17, 15) is 9.59 Å². The van der Waals surface area contributed by atoms with Crippen molar-refractivity contribution in [2.75, 3.05) is 5.32 Å². The standard InChI is InChI=1S/C10H11NO2S/c1-7(12)11-9-3-5-10(6-4-9)14-8(2)13/h3-6H,1-2H3,(H,11,12). The minimum atomic E-state index is -0.100. The van der Waals surface area contributed by atoms with E-state index in [-0.39, 0.29) is 11.0 Å². The smallest absolute Gasteiger partial charge is 0.221 e. The summed E-state index contributed by atoms with van der Waals surface area (Å²) in [6.45, 7) is 2.98. The molecule has 1 aromatic carbocycles. The van der Waals surface area contributed by atoms with Crippen molar-refractivity contribution in [1.82, 2.24) is 0 Å². The summed E-state index contributed by atoms with van der Waals surface area (Å²) in [5, 5.41) is 2.71. The average Bonchev–Trinajstić information content (AvgIpc) is 2.06. The fourth-order valence-electron chi connectivity index (χ4n) is 0.976. The Morgan fingerprint density at radius 1 is 1.14 bits per heavy atom. The lowest BCUT2D eigenvalue weighted by atomic mass is 10.3. The lowest BCUT2D eigenvalue weighted by molar-refractivity contribution is -0.114. The van der Waals surface area contributed by atoms with Crippen molar-refractivity contribution >= 4 is 28.5 Å². The minimum absolute atomic E-state index is 0.0530. The Bertz CT molecular complexity index is 311. The van der Waals surface area contributed by atoms with Crippen LogP contribution in [0.1, 0.15) is 13.8 Å². The van der Waals surface area contributed by atoms with E-state index >= 15 is 0 Å². The topological polar surface area (TPSA) is 46.2 Å². The molecule has 1 N–H and O–H groups in total. The van der Waals surface area contributed by atoms with Crippen molar-refractivity contribution in [1.29, 1.82) is 0 Å². The molecule has 0 aromatic heterocycles. The van der Waals surface area contributed by atoms with Crippen molar-refractivity contribution in [2.24, 2.45) is 0 Å². The third-order valence-electron chi connectivity index (χ3n) is 1.44. The number of nitrogens with one attached hydrogen (secondary N) is 1. The van der Waals surface area contributed by atoms with E-state index in [0.29, 0.717) is 0 Å². The van der Waals surface area contributed by atoms with Crippen molar-refractivity contribution in [2.45, 2.75) is 18.7 Å². The molecule has 0 bridgehead atoms. The summed E-state index contributed by atoms with van der Waals surface area (Å²) in [7, 11) is 0. The zero-order chi connectivity index (χ0) is 10.6. The van der Waals surface area contributed by atoms with Crippen molar-refractivity contribution in [3.05, 3.63) is 24.3 Å². The molecule has 0 atom stereocenters. The van der Waals surface area contributed by atoms with Gasteiger partial charge in [0.2, 0.25) is 5.91 Å². The number of rotatable bonds is 2. The van der Waals surface area contributed by atoms with Crippen LogP contribution < -0.4 is 5.32 Å². The molecule has 0 heterocycles. The summed E-state index contributed by atoms with van der Waals surface area (Å²) >= 11 is 1.17. The van der Waals surface area contributed by atoms with Gasteiger partial charge in [0.1, 0.15) is 0 Å². The monoisotopic (exact) mass is 209 g/mol. The summed E-state index contributed by atoms with van der Waals surface area (Å²) in [5.74, 6) is -0.100. The van der Waals surface area contributed by atoms with E-state index in [1.54, 1.807) is 24.3 Å². The zero-order valence-electron chi connectivity index (χ0n) is 8.03. The molecule has 1 rings (SSSR count). The highest BCUT2D eigenvalue weighted by molar-refractivity contribution is 8.13. The first-order chi connectivity index (χ1) is 6.58. The molecule has 1 aromatic rings. The quantitative estimate of drug-likeness (QED) is 0.760. The molecular weight excluding hydrogens is 198 g/mol. The van der Waals surface area contributed by atoms with Gasteiger partial charge in [-0.05, 0) is 24.3 Å². The van der Waals surface area contributed by atoms with Gasteiger partial charge in [0.25, 0.3) is 0 Å². The summed E-state index contributed by atoms with van der Waals surface area (Å²) in [6.07, 6.45) is 0. The molecule has 0 aliphatic carbocycles. The van der Waals surface area contributed by atoms with E-state index in [1.807, 2.05) is 0 Å². The number of carbonyl (C=O) groups excluding carboxylic acids is 2. The van der Waals surface area contributed by atoms with Gasteiger partial charge >= 0.3 is 0 Å². The fraction of sp³-hybridized carbons (Fsp3) is 0.200. The first-order valence-electron chi connectivity index (χ1n) is 4.14. The molecule has 14 heavy (non-hydrogen) atoms. The summed E-state index contributed by atoms with van der Waals surface area (Å²) in [4.78, 5) is 22.4. The van der Waals surface area contributed by atoms with Gasteiger partial charge in [0.15, 0.2) is 5.12 Å². The van der Waals surface area contributed by atoms with Crippen LogP contribution in [0.4, 0.5) is 5.69 Å². The molecule has 0 fully saturated rings. The fourth-order valence-corrected chi connectivity index (χ4v) is 1.58. The zero-order valence-corrected chi connectivity index (χ0v) is 8.85. The maximum Gasteiger partial charge on any atom is 0.221 e. The minimum Gasteiger partial charge on any atom is -0.326 e. The van der Waals surface area contributed by atoms with Crippen LogP contribution in [-0.4, -0.2) is 11.0 Å². The second kappa shape index (κ2) is 4.81. The summed E-state index contributed by atoms with van der Waals surface area (Å²) in [5.41, 5.74) is 0.741. The SMILES string of the molecule is CC(=O)Nc1ccc(SC(C)=O)cc1. The van der Waals surface area contributed by atoms with Gasteiger partial charge in [0, 0.05) is 24.4 Å². The average molecular weight is 209 g/mol. The van der Waals surface area contributed by atoms with Crippen molar-refractivity contribution in [3.63, 3.8) is 0 Å². The van der Waals surface area contributed by atoms with Gasteiger partial charge in [-0.1, -0.05) is 11.8 Å². The first kappa shape index (κ1) is 10.8. The van der Waals surface area contributed by atoms with E-state index in [2.05, 4.69) is 5.32 Å². The highest BCUT2D eigenvalue weighted by Crippen LogP contribution is 2.20. The van der Waals surface area contributed by atoms with Crippen LogP contribution >= 0.6 is 11.8 Å². The van der Waals surface area contributed by atoms with E-state index in [4.69, 9.17) is 0 Å². The lowest BCUT2D eigenvalue weighted by Gasteiger charge is -2.02. The highest BCUT2D eigenvalue weighted by Gasteiger charge is 1.99. The van der Waals surface area contributed by atoms with Crippen LogP contribution in [0.2, 0.25) is 0 Å². The molecule has 1 amide bonds. The molecule has 4 heteroatoms. The van der Waals surface area contributed by atoms with Crippen LogP contribution in [0, 0.1) is 0 Å². The third-order valence-corrected chi connectivity index (χ3v) is 2.23. The molecule has 0 saturated carbocycles. The molecule has 74 valence electrons. The molecule has 0 aliphatic heterocycles. The van der Waals surface area contributed by atoms with Crippen LogP contribution in [0.3, 0.4) is 0 Å². The molecule has 0 aliphatic rings. The lowest BCUT2D eigenvalue weighted by Crippen LogP contribution is -2.05. The predicted molar refractivity (Wildman–Crippen MR) is 57.3 cm³/mol. The number of amides is 1. The van der Waals surface area contributed by atoms with Gasteiger partial charge in [0.05, 0.1) is 0 Å². The normalized spacial score (nSPS) is 9.57. The molecule has 0 saturated heterocycles. The first-order valence-corrected chi connectivity index (χ1v) is 4.95. The third kappa shape index (κ3) is 3.62. The van der Waals surface area contributed by atoms with Crippen molar-refractivity contribution in [3.8, 4) is 0 Å². The second-order valence-corrected chi connectivity index (χ2v) is 4.05. The van der Waals surface area contributed by atoms with Gasteiger partial charge < -0.3 is 5.32 Å². The molecule has 0 radical (unpaired) electrons. The van der Waals surface area contributed by atoms with Crippen LogP contribution in [0.15, 0.2) is 29.2 Å². The van der Waals surface area contributed by atoms with E-state index < -0.39 is 0 Å². The number of hydrogen-bond donors (Lipinski definition) is 1. The largest absolute Gasteiger partial charge is 0.326 e. The highest BCUT2D eigenvalue weighted by atomic mass is 32.2. The maximum absolute atomic E-state index is 10.8. The van der Waals surface area contributed by atoms with E-state index in [1.165, 1.54) is 25.6 Å². The number of thioether (sulfide) groups is 1. The van der Waals surface area contributed by atoms with Crippen LogP contribution in [-0.2, 0) is 9.59 Å². The summed E-state index contributed by atoms with van der Waals surface area (Å²) < 4.78 is 0. The molecule has 0 spiro atoms. The number of benzene rings is 1. The Hall–Kier alpha value is -1.29. The Morgan fingerprint density at radius 3 is 2.14 bits per heavy atom. The van der Waals surface area contributed by atoms with Gasteiger partial charge in [-0.25, -0.2) is 0 Å². The molecular formula is C10H11NO2S. The molecule has 0 unspecified atom stereocenters. The van der Waals surface area contributed by atoms with Gasteiger partial charge in [-0.15, -0.1) is 0 Å². The Morgan fingerprint density at radius 2 is 1.71 bits per heavy atom. The Labute approximate surface area is 86.9 Å². The predicted octanol–water partition coefficient (Wildman–Crippen LogP) is 2.28. The van der Waals surface area contributed by atoms with E-state index in [0.717, 1.165) is 10.6 Å².